The van der Waals surface area contributed by atoms with Crippen molar-refractivity contribution in [3.8, 4) is 0 Å². The van der Waals surface area contributed by atoms with E-state index in [0.717, 1.165) is 43.0 Å². The van der Waals surface area contributed by atoms with Gasteiger partial charge < -0.3 is 10.6 Å². The van der Waals surface area contributed by atoms with Gasteiger partial charge in [0.05, 0.1) is 0 Å². The van der Waals surface area contributed by atoms with Crippen molar-refractivity contribution in [2.24, 2.45) is 5.92 Å². The van der Waals surface area contributed by atoms with Crippen molar-refractivity contribution in [2.75, 3.05) is 11.9 Å². The van der Waals surface area contributed by atoms with E-state index in [9.17, 15) is 9.59 Å². The first-order valence-corrected chi connectivity index (χ1v) is 8.82. The Morgan fingerprint density at radius 2 is 2.04 bits per heavy atom. The number of imide groups is 1. The number of carbonyl (C=O) groups excluding carboxylic acids is 2. The number of fused-ring (bicyclic) bond motifs is 1. The summed E-state index contributed by atoms with van der Waals surface area (Å²) in [5.74, 6) is 1.59. The fourth-order valence-electron chi connectivity index (χ4n) is 4.41. The average molecular weight is 329 g/mol. The van der Waals surface area contributed by atoms with Gasteiger partial charge in [-0.1, -0.05) is 6.42 Å². The summed E-state index contributed by atoms with van der Waals surface area (Å²) in [7, 11) is 0. The highest BCUT2D eigenvalue weighted by Crippen LogP contribution is 2.38. The van der Waals surface area contributed by atoms with Gasteiger partial charge >= 0.3 is 6.03 Å². The van der Waals surface area contributed by atoms with E-state index in [4.69, 9.17) is 0 Å². The van der Waals surface area contributed by atoms with Gasteiger partial charge in [0.2, 0.25) is 0 Å². The van der Waals surface area contributed by atoms with Crippen LogP contribution in [0.5, 0.6) is 0 Å². The van der Waals surface area contributed by atoms with Gasteiger partial charge in [-0.15, -0.1) is 0 Å². The molecule has 4 rings (SSSR count). The molecule has 3 N–H and O–H groups in total. The first-order chi connectivity index (χ1) is 11.6. The standard InChI is InChI=1S/C17H23N5O2/c1-10-19-13-7-3-2-6-12(13)14(20-10)18-9-11-5-4-8-17(11)15(23)21-16(24)22-17/h11H,2-9H2,1H3,(H,18,19,20)(H2,21,22,23,24)/t11-,17+/m0/s1. The maximum atomic E-state index is 12.3. The van der Waals surface area contributed by atoms with E-state index in [0.29, 0.717) is 13.0 Å². The number of anilines is 1. The number of hydrogen-bond donors (Lipinski definition) is 3. The summed E-state index contributed by atoms with van der Waals surface area (Å²) in [5.41, 5.74) is 1.63. The molecule has 0 radical (unpaired) electrons. The molecule has 7 heteroatoms. The summed E-state index contributed by atoms with van der Waals surface area (Å²) in [4.78, 5) is 33.0. The zero-order valence-electron chi connectivity index (χ0n) is 13.9. The fraction of sp³-hybridized carbons (Fsp3) is 0.647. The first kappa shape index (κ1) is 15.4. The third kappa shape index (κ3) is 2.42. The third-order valence-corrected chi connectivity index (χ3v) is 5.60. The normalized spacial score (nSPS) is 28.6. The number of nitrogens with one attached hydrogen (secondary N) is 3. The van der Waals surface area contributed by atoms with Gasteiger partial charge in [0.15, 0.2) is 0 Å². The molecule has 1 aromatic rings. The Hall–Kier alpha value is -2.18. The van der Waals surface area contributed by atoms with Crippen molar-refractivity contribution in [3.05, 3.63) is 17.1 Å². The predicted octanol–water partition coefficient (Wildman–Crippen LogP) is 1.45. The topological polar surface area (TPSA) is 96.0 Å². The number of aryl methyl sites for hydroxylation is 2. The molecule has 3 aliphatic rings. The summed E-state index contributed by atoms with van der Waals surface area (Å²) in [6.07, 6.45) is 6.94. The third-order valence-electron chi connectivity index (χ3n) is 5.60. The van der Waals surface area contributed by atoms with Crippen LogP contribution in [0.3, 0.4) is 0 Å². The van der Waals surface area contributed by atoms with E-state index in [-0.39, 0.29) is 17.9 Å². The van der Waals surface area contributed by atoms with Gasteiger partial charge in [0, 0.05) is 23.7 Å². The number of urea groups is 1. The summed E-state index contributed by atoms with van der Waals surface area (Å²) in [5, 5.41) is 8.72. The highest BCUT2D eigenvalue weighted by Gasteiger charge is 2.54. The molecule has 7 nitrogen and oxygen atoms in total. The predicted molar refractivity (Wildman–Crippen MR) is 88.6 cm³/mol. The molecule has 2 atom stereocenters. The molecule has 0 bridgehead atoms. The van der Waals surface area contributed by atoms with E-state index in [1.54, 1.807) is 0 Å². The monoisotopic (exact) mass is 329 g/mol. The molecule has 1 spiro atoms. The SMILES string of the molecule is Cc1nc2c(c(NC[C@@H]3CCC[C@@]34NC(=O)NC4=O)n1)CCCC2. The molecule has 2 fully saturated rings. The van der Waals surface area contributed by atoms with Gasteiger partial charge in [-0.3, -0.25) is 10.1 Å². The number of carbonyl (C=O) groups is 2. The van der Waals surface area contributed by atoms with Crippen molar-refractivity contribution in [3.63, 3.8) is 0 Å². The Labute approximate surface area is 141 Å². The van der Waals surface area contributed by atoms with Gasteiger partial charge in [-0.05, 0) is 45.4 Å². The first-order valence-electron chi connectivity index (χ1n) is 8.82. The second-order valence-corrected chi connectivity index (χ2v) is 7.10. The quantitative estimate of drug-likeness (QED) is 0.730. The Morgan fingerprint density at radius 3 is 2.83 bits per heavy atom. The second-order valence-electron chi connectivity index (χ2n) is 7.10. The fourth-order valence-corrected chi connectivity index (χ4v) is 4.41. The highest BCUT2D eigenvalue weighted by molar-refractivity contribution is 6.07. The van der Waals surface area contributed by atoms with E-state index >= 15 is 0 Å². The molecular weight excluding hydrogens is 306 g/mol. The van der Waals surface area contributed by atoms with E-state index in [1.807, 2.05) is 6.92 Å². The van der Waals surface area contributed by atoms with Gasteiger partial charge in [0.1, 0.15) is 17.2 Å². The Balaban J connectivity index is 1.54. The van der Waals surface area contributed by atoms with Crippen molar-refractivity contribution >= 4 is 17.8 Å². The zero-order valence-corrected chi connectivity index (χ0v) is 13.9. The summed E-state index contributed by atoms with van der Waals surface area (Å²) >= 11 is 0. The largest absolute Gasteiger partial charge is 0.369 e. The number of amides is 3. The number of rotatable bonds is 3. The van der Waals surface area contributed by atoms with Crippen molar-refractivity contribution in [1.82, 2.24) is 20.6 Å². The lowest BCUT2D eigenvalue weighted by Crippen LogP contribution is -2.51. The molecular formula is C17H23N5O2. The lowest BCUT2D eigenvalue weighted by Gasteiger charge is -2.29. The maximum Gasteiger partial charge on any atom is 0.322 e. The average Bonchev–Trinajstić information content (AvgIpc) is 3.08. The highest BCUT2D eigenvalue weighted by atomic mass is 16.2. The molecule has 128 valence electrons. The van der Waals surface area contributed by atoms with E-state index in [2.05, 4.69) is 25.9 Å². The summed E-state index contributed by atoms with van der Waals surface area (Å²) in [6, 6.07) is -0.373. The van der Waals surface area contributed by atoms with Crippen molar-refractivity contribution in [2.45, 2.75) is 57.4 Å². The minimum Gasteiger partial charge on any atom is -0.369 e. The molecule has 0 unspecified atom stereocenters. The van der Waals surface area contributed by atoms with Gasteiger partial charge in [0.25, 0.3) is 5.91 Å². The number of aromatic nitrogens is 2. The maximum absolute atomic E-state index is 12.3. The molecule has 2 heterocycles. The molecule has 0 aromatic carbocycles. The minimum atomic E-state index is -0.744. The molecule has 1 aromatic heterocycles. The molecule has 3 amide bonds. The van der Waals surface area contributed by atoms with Gasteiger partial charge in [-0.25, -0.2) is 14.8 Å². The van der Waals surface area contributed by atoms with Crippen molar-refractivity contribution in [1.29, 1.82) is 0 Å². The molecule has 1 saturated heterocycles. The second kappa shape index (κ2) is 5.72. The van der Waals surface area contributed by atoms with Crippen LogP contribution in [-0.2, 0) is 17.6 Å². The van der Waals surface area contributed by atoms with Crippen LogP contribution in [0.2, 0.25) is 0 Å². The number of nitrogens with zero attached hydrogens (tertiary/aromatic N) is 2. The number of hydrogen-bond acceptors (Lipinski definition) is 5. The van der Waals surface area contributed by atoms with Crippen LogP contribution in [-0.4, -0.2) is 34.0 Å². The Kier molecular flexibility index (Phi) is 3.66. The zero-order chi connectivity index (χ0) is 16.7. The van der Waals surface area contributed by atoms with Crippen LogP contribution in [0.1, 0.15) is 49.2 Å². The van der Waals surface area contributed by atoms with Crippen LogP contribution in [0.4, 0.5) is 10.6 Å². The van der Waals surface area contributed by atoms with E-state index in [1.165, 1.54) is 18.4 Å². The molecule has 24 heavy (non-hydrogen) atoms. The summed E-state index contributed by atoms with van der Waals surface area (Å²) < 4.78 is 0. The lowest BCUT2D eigenvalue weighted by atomic mass is 9.87. The van der Waals surface area contributed by atoms with Crippen LogP contribution in [0.25, 0.3) is 0 Å². The van der Waals surface area contributed by atoms with Crippen LogP contribution < -0.4 is 16.0 Å². The molecule has 1 saturated carbocycles. The van der Waals surface area contributed by atoms with Gasteiger partial charge in [-0.2, -0.15) is 0 Å². The van der Waals surface area contributed by atoms with Crippen LogP contribution in [0.15, 0.2) is 0 Å². The Morgan fingerprint density at radius 1 is 1.21 bits per heavy atom. The minimum absolute atomic E-state index is 0.0819. The molecule has 2 aliphatic carbocycles. The van der Waals surface area contributed by atoms with E-state index < -0.39 is 5.54 Å². The lowest BCUT2D eigenvalue weighted by molar-refractivity contribution is -0.125. The summed E-state index contributed by atoms with van der Waals surface area (Å²) in [6.45, 7) is 2.55. The van der Waals surface area contributed by atoms with Crippen LogP contribution in [0, 0.1) is 12.8 Å². The van der Waals surface area contributed by atoms with Crippen molar-refractivity contribution < 1.29 is 9.59 Å². The smallest absolute Gasteiger partial charge is 0.322 e. The Bertz CT molecular complexity index is 704. The molecule has 1 aliphatic heterocycles. The van der Waals surface area contributed by atoms with Crippen LogP contribution >= 0.6 is 0 Å².